The van der Waals surface area contributed by atoms with Crippen LogP contribution >= 0.6 is 0 Å². The first-order valence-electron chi connectivity index (χ1n) is 5.03. The van der Waals surface area contributed by atoms with Crippen LogP contribution in [0.25, 0.3) is 0 Å². The van der Waals surface area contributed by atoms with Gasteiger partial charge in [0.25, 0.3) is 0 Å². The summed E-state index contributed by atoms with van der Waals surface area (Å²) in [6, 6.07) is 0. The lowest BCUT2D eigenvalue weighted by atomic mass is 10.1. The molecule has 0 bridgehead atoms. The Labute approximate surface area is 87.7 Å². The molecule has 0 unspecified atom stereocenters. The molecule has 0 N–H and O–H groups in total. The van der Waals surface area contributed by atoms with Crippen molar-refractivity contribution >= 4 is 11.8 Å². The minimum absolute atomic E-state index is 0.188. The van der Waals surface area contributed by atoms with Crippen LogP contribution in [0.5, 0.6) is 0 Å². The predicted molar refractivity (Wildman–Crippen MR) is 49.0 cm³/mol. The molecule has 2 saturated heterocycles. The van der Waals surface area contributed by atoms with E-state index in [1.54, 1.807) is 13.8 Å². The molecular weight excluding hydrogens is 200 g/mol. The molecule has 5 nitrogen and oxygen atoms in total. The van der Waals surface area contributed by atoms with Gasteiger partial charge in [0, 0.05) is 12.8 Å². The minimum Gasteiger partial charge on any atom is -0.454 e. The number of carbonyl (C=O) groups excluding carboxylic acids is 2. The van der Waals surface area contributed by atoms with E-state index in [2.05, 4.69) is 0 Å². The number of hydrogen-bond acceptors (Lipinski definition) is 5. The van der Waals surface area contributed by atoms with E-state index in [0.29, 0.717) is 12.8 Å². The molecule has 0 radical (unpaired) electrons. The van der Waals surface area contributed by atoms with E-state index in [1.165, 1.54) is 0 Å². The standard InChI is InChI=1S/C10H14O5/c1-10(2)13-5-7(15-10)9(12)6-3-4-8(11)14-6/h6-7H,3-5H2,1-2H3/t6-,7-/m1/s1. The third kappa shape index (κ3) is 2.18. The number of carbonyl (C=O) groups is 2. The summed E-state index contributed by atoms with van der Waals surface area (Å²) in [5.41, 5.74) is 0. The summed E-state index contributed by atoms with van der Waals surface area (Å²) in [6.45, 7) is 3.74. The fourth-order valence-corrected chi connectivity index (χ4v) is 1.76. The molecule has 2 heterocycles. The summed E-state index contributed by atoms with van der Waals surface area (Å²) in [4.78, 5) is 22.7. The second-order valence-corrected chi connectivity index (χ2v) is 4.24. The molecule has 0 aromatic rings. The van der Waals surface area contributed by atoms with Crippen molar-refractivity contribution in [1.29, 1.82) is 0 Å². The van der Waals surface area contributed by atoms with Crippen molar-refractivity contribution in [1.82, 2.24) is 0 Å². The molecule has 0 aliphatic carbocycles. The van der Waals surface area contributed by atoms with Gasteiger partial charge in [0.2, 0.25) is 5.78 Å². The topological polar surface area (TPSA) is 61.8 Å². The van der Waals surface area contributed by atoms with E-state index in [9.17, 15) is 9.59 Å². The maximum atomic E-state index is 11.8. The number of hydrogen-bond donors (Lipinski definition) is 0. The number of cyclic esters (lactones) is 1. The Balaban J connectivity index is 1.95. The summed E-state index contributed by atoms with van der Waals surface area (Å²) in [6.07, 6.45) is -0.471. The number of ether oxygens (including phenoxy) is 3. The summed E-state index contributed by atoms with van der Waals surface area (Å²) in [5, 5.41) is 0. The highest BCUT2D eigenvalue weighted by molar-refractivity contribution is 5.91. The SMILES string of the molecule is CC1(C)OC[C@H](C(=O)[C@H]2CCC(=O)O2)O1. The van der Waals surface area contributed by atoms with Gasteiger partial charge in [0.15, 0.2) is 11.9 Å². The Morgan fingerprint density at radius 1 is 1.40 bits per heavy atom. The average Bonchev–Trinajstić information content (AvgIpc) is 2.71. The fraction of sp³-hybridized carbons (Fsp3) is 0.800. The summed E-state index contributed by atoms with van der Waals surface area (Å²) < 4.78 is 15.6. The van der Waals surface area contributed by atoms with Crippen molar-refractivity contribution in [2.45, 2.75) is 44.7 Å². The first kappa shape index (κ1) is 10.6. The maximum Gasteiger partial charge on any atom is 0.306 e. The molecule has 0 spiro atoms. The minimum atomic E-state index is -0.719. The van der Waals surface area contributed by atoms with Crippen LogP contribution in [0.3, 0.4) is 0 Å². The van der Waals surface area contributed by atoms with E-state index in [0.717, 1.165) is 0 Å². The molecule has 15 heavy (non-hydrogen) atoms. The first-order valence-corrected chi connectivity index (χ1v) is 5.03. The number of esters is 1. The largest absolute Gasteiger partial charge is 0.454 e. The van der Waals surface area contributed by atoms with Crippen molar-refractivity contribution in [3.63, 3.8) is 0 Å². The quantitative estimate of drug-likeness (QED) is 0.623. The first-order chi connectivity index (χ1) is 6.98. The van der Waals surface area contributed by atoms with E-state index in [1.807, 2.05) is 0 Å². The predicted octanol–water partition coefficient (Wildman–Crippen LogP) is 0.413. The molecule has 2 fully saturated rings. The second-order valence-electron chi connectivity index (χ2n) is 4.24. The van der Waals surface area contributed by atoms with Gasteiger partial charge in [-0.15, -0.1) is 0 Å². The van der Waals surface area contributed by atoms with E-state index >= 15 is 0 Å². The third-order valence-electron chi connectivity index (χ3n) is 2.53. The van der Waals surface area contributed by atoms with Gasteiger partial charge >= 0.3 is 5.97 Å². The Morgan fingerprint density at radius 3 is 2.60 bits per heavy atom. The van der Waals surface area contributed by atoms with Crippen LogP contribution < -0.4 is 0 Å². The maximum absolute atomic E-state index is 11.8. The summed E-state index contributed by atoms with van der Waals surface area (Å²) >= 11 is 0. The van der Waals surface area contributed by atoms with Crippen molar-refractivity contribution in [2.75, 3.05) is 6.61 Å². The molecule has 2 atom stereocenters. The van der Waals surface area contributed by atoms with Crippen LogP contribution in [0.2, 0.25) is 0 Å². The molecule has 5 heteroatoms. The van der Waals surface area contributed by atoms with Gasteiger partial charge in [0.1, 0.15) is 6.10 Å². The Kier molecular flexibility index (Phi) is 2.52. The highest BCUT2D eigenvalue weighted by atomic mass is 16.7. The molecule has 2 rings (SSSR count). The normalized spacial score (nSPS) is 34.1. The van der Waals surface area contributed by atoms with Gasteiger partial charge in [-0.25, -0.2) is 0 Å². The number of ketones is 1. The average molecular weight is 214 g/mol. The van der Waals surface area contributed by atoms with Gasteiger partial charge in [-0.05, 0) is 13.8 Å². The van der Waals surface area contributed by atoms with Crippen LogP contribution in [-0.4, -0.2) is 36.4 Å². The molecule has 2 aliphatic heterocycles. The summed E-state index contributed by atoms with van der Waals surface area (Å²) in [5.74, 6) is -1.22. The Hall–Kier alpha value is -0.940. The van der Waals surface area contributed by atoms with Crippen molar-refractivity contribution in [3.05, 3.63) is 0 Å². The van der Waals surface area contributed by atoms with E-state index < -0.39 is 18.0 Å². The zero-order valence-corrected chi connectivity index (χ0v) is 8.82. The molecule has 0 saturated carbocycles. The molecular formula is C10H14O5. The Bertz CT molecular complexity index is 296. The van der Waals surface area contributed by atoms with Crippen LogP contribution in [0.15, 0.2) is 0 Å². The van der Waals surface area contributed by atoms with Crippen LogP contribution in [0, 0.1) is 0 Å². The lowest BCUT2D eigenvalue weighted by molar-refractivity contribution is -0.161. The number of rotatable bonds is 2. The van der Waals surface area contributed by atoms with Gasteiger partial charge < -0.3 is 14.2 Å². The molecule has 0 amide bonds. The Morgan fingerprint density at radius 2 is 2.13 bits per heavy atom. The number of Topliss-reactive ketones (excluding diaryl/α,β-unsaturated/α-hetero) is 1. The van der Waals surface area contributed by atoms with E-state index in [-0.39, 0.29) is 18.4 Å². The van der Waals surface area contributed by atoms with Crippen LogP contribution in [0.4, 0.5) is 0 Å². The third-order valence-corrected chi connectivity index (χ3v) is 2.53. The molecule has 0 aromatic carbocycles. The highest BCUT2D eigenvalue weighted by Crippen LogP contribution is 2.26. The smallest absolute Gasteiger partial charge is 0.306 e. The monoisotopic (exact) mass is 214 g/mol. The van der Waals surface area contributed by atoms with Gasteiger partial charge in [0.05, 0.1) is 6.61 Å². The second kappa shape index (κ2) is 3.57. The van der Waals surface area contributed by atoms with Crippen molar-refractivity contribution in [3.8, 4) is 0 Å². The van der Waals surface area contributed by atoms with E-state index in [4.69, 9.17) is 14.2 Å². The molecule has 2 aliphatic rings. The van der Waals surface area contributed by atoms with Crippen molar-refractivity contribution in [2.24, 2.45) is 0 Å². The van der Waals surface area contributed by atoms with Gasteiger partial charge in [-0.2, -0.15) is 0 Å². The zero-order valence-electron chi connectivity index (χ0n) is 8.82. The fourth-order valence-electron chi connectivity index (χ4n) is 1.76. The van der Waals surface area contributed by atoms with Crippen molar-refractivity contribution < 1.29 is 23.8 Å². The zero-order chi connectivity index (χ0) is 11.1. The molecule has 84 valence electrons. The lowest BCUT2D eigenvalue weighted by Crippen LogP contribution is -2.35. The highest BCUT2D eigenvalue weighted by Gasteiger charge is 2.42. The summed E-state index contributed by atoms with van der Waals surface area (Å²) in [7, 11) is 0. The van der Waals surface area contributed by atoms with Gasteiger partial charge in [-0.3, -0.25) is 9.59 Å². The molecule has 0 aromatic heterocycles. The van der Waals surface area contributed by atoms with Crippen LogP contribution in [0.1, 0.15) is 26.7 Å². The van der Waals surface area contributed by atoms with Crippen LogP contribution in [-0.2, 0) is 23.8 Å². The lowest BCUT2D eigenvalue weighted by Gasteiger charge is -2.17. The van der Waals surface area contributed by atoms with Gasteiger partial charge in [-0.1, -0.05) is 0 Å².